The number of carboxylic acid groups (broad SMARTS) is 1. The lowest BCUT2D eigenvalue weighted by Crippen LogP contribution is -2.60. The highest BCUT2D eigenvalue weighted by molar-refractivity contribution is 5.99. The lowest BCUT2D eigenvalue weighted by molar-refractivity contribution is -0.139. The van der Waals surface area contributed by atoms with E-state index in [9.17, 15) is 24.3 Å². The SMILES string of the molecule is CC(C)(C)OC[C@H](NC(=O)OC(C)(C)C)C(=O)N[C@@H](CC(=O)NC(c1ccccc1)(c1ccccc1)c1ccccc1)C(=O)N[C@@H](CC(=O)NC(c1ccccc1)(c1ccccc1)c1ccccc1)C(=O)N[C@@H](Cc1ccccc1)C(=O)CCC(=O)O. The average Bonchev–Trinajstić information content (AvgIpc) is 0.860. The van der Waals surface area contributed by atoms with Crippen LogP contribution >= 0.6 is 0 Å². The molecule has 0 fully saturated rings. The number of alkyl carbamates (subject to hydrolysis) is 1. The van der Waals surface area contributed by atoms with Gasteiger partial charge in [-0.05, 0) is 86.9 Å². The summed E-state index contributed by atoms with van der Waals surface area (Å²) >= 11 is 0. The molecule has 87 heavy (non-hydrogen) atoms. The fraction of sp³-hybridized carbons (Fsp3) is 0.286. The lowest BCUT2D eigenvalue weighted by atomic mass is 9.77. The van der Waals surface area contributed by atoms with Crippen molar-refractivity contribution in [1.29, 1.82) is 0 Å². The van der Waals surface area contributed by atoms with Gasteiger partial charge in [0.1, 0.15) is 34.8 Å². The molecule has 0 heterocycles. The van der Waals surface area contributed by atoms with E-state index in [1.807, 2.05) is 182 Å². The van der Waals surface area contributed by atoms with Gasteiger partial charge in [-0.3, -0.25) is 33.6 Å². The summed E-state index contributed by atoms with van der Waals surface area (Å²) in [6.45, 7) is 9.71. The Morgan fingerprint density at radius 1 is 0.391 bits per heavy atom. The standard InChI is InChI=1S/C70H76N6O11/c1-67(2,3)86-47-58(74-66(85)87-68(4,5)6)65(84)73-57(46-61(79)76-70(52-36-22-11-23-37-52,53-38-24-12-25-39-53)54-40-26-13-27-41-54)64(83)72-56(63(82)71-55(59(77)42-43-62(80)81)44-48-28-14-7-15-29-48)45-60(78)75-69(49-30-16-8-17-31-49,50-32-18-9-19-33-50)51-34-20-10-21-35-51/h7-41,55-58H,42-47H2,1-6H3,(H,71,82)(H,72,83)(H,73,84)(H,74,85)(H,75,78)(H,76,79)(H,80,81)/t55-,56-,57-,58-/m0/s1. The Balaban J connectivity index is 1.34. The molecule has 0 aromatic heterocycles. The molecule has 452 valence electrons. The number of carboxylic acids is 1. The highest BCUT2D eigenvalue weighted by Gasteiger charge is 2.42. The third-order valence-corrected chi connectivity index (χ3v) is 14.2. The second kappa shape index (κ2) is 29.9. The number of ketones is 1. The zero-order valence-electron chi connectivity index (χ0n) is 49.8. The van der Waals surface area contributed by atoms with Crippen molar-refractivity contribution in [3.05, 3.63) is 251 Å². The molecule has 7 aromatic carbocycles. The molecule has 0 saturated carbocycles. The summed E-state index contributed by atoms with van der Waals surface area (Å²) in [7, 11) is 0. The van der Waals surface area contributed by atoms with Crippen LogP contribution in [0.3, 0.4) is 0 Å². The molecule has 0 unspecified atom stereocenters. The van der Waals surface area contributed by atoms with E-state index in [0.717, 1.165) is 0 Å². The molecular weight excluding hydrogens is 1100 g/mol. The molecule has 17 heteroatoms. The van der Waals surface area contributed by atoms with Gasteiger partial charge in [0.05, 0.1) is 37.5 Å². The van der Waals surface area contributed by atoms with Gasteiger partial charge in [0.15, 0.2) is 5.78 Å². The molecule has 7 aromatic rings. The number of ether oxygens (including phenoxy) is 2. The maximum absolute atomic E-state index is 15.6. The molecule has 6 amide bonds. The maximum Gasteiger partial charge on any atom is 0.408 e. The highest BCUT2D eigenvalue weighted by Crippen LogP contribution is 2.38. The first kappa shape index (κ1) is 64.8. The minimum absolute atomic E-state index is 0.0927. The minimum Gasteiger partial charge on any atom is -0.481 e. The van der Waals surface area contributed by atoms with Crippen molar-refractivity contribution >= 4 is 47.4 Å². The van der Waals surface area contributed by atoms with Crippen molar-refractivity contribution in [2.45, 2.75) is 120 Å². The third-order valence-electron chi connectivity index (χ3n) is 14.2. The summed E-state index contributed by atoms with van der Waals surface area (Å²) in [4.78, 5) is 116. The Morgan fingerprint density at radius 2 is 0.701 bits per heavy atom. The number of nitrogens with one attached hydrogen (secondary N) is 6. The largest absolute Gasteiger partial charge is 0.481 e. The normalized spacial score (nSPS) is 13.0. The topological polar surface area (TPSA) is 247 Å². The zero-order valence-corrected chi connectivity index (χ0v) is 49.8. The molecule has 0 aliphatic heterocycles. The number of amides is 6. The van der Waals surface area contributed by atoms with Gasteiger partial charge in [-0.15, -0.1) is 0 Å². The fourth-order valence-corrected chi connectivity index (χ4v) is 10.2. The molecule has 7 rings (SSSR count). The van der Waals surface area contributed by atoms with Crippen molar-refractivity contribution in [2.24, 2.45) is 0 Å². The first-order valence-electron chi connectivity index (χ1n) is 28.8. The first-order valence-corrected chi connectivity index (χ1v) is 28.8. The Hall–Kier alpha value is -9.74. The van der Waals surface area contributed by atoms with E-state index in [4.69, 9.17) is 9.47 Å². The summed E-state index contributed by atoms with van der Waals surface area (Å²) in [5, 5.41) is 26.7. The van der Waals surface area contributed by atoms with E-state index in [1.54, 1.807) is 71.9 Å². The fourth-order valence-electron chi connectivity index (χ4n) is 10.2. The lowest BCUT2D eigenvalue weighted by Gasteiger charge is -2.37. The van der Waals surface area contributed by atoms with Crippen LogP contribution in [0.5, 0.6) is 0 Å². The van der Waals surface area contributed by atoms with E-state index in [1.165, 1.54) is 0 Å². The third kappa shape index (κ3) is 18.1. The van der Waals surface area contributed by atoms with Crippen LogP contribution in [-0.4, -0.2) is 94.5 Å². The molecule has 0 radical (unpaired) electrons. The Kier molecular flexibility index (Phi) is 22.3. The smallest absolute Gasteiger partial charge is 0.408 e. The molecule has 0 aliphatic rings. The number of aliphatic carboxylic acids is 1. The van der Waals surface area contributed by atoms with Gasteiger partial charge in [0.25, 0.3) is 0 Å². The molecule has 0 aliphatic carbocycles. The molecule has 0 saturated heterocycles. The van der Waals surface area contributed by atoms with Crippen LogP contribution in [0.25, 0.3) is 0 Å². The van der Waals surface area contributed by atoms with Crippen LogP contribution in [0, 0.1) is 0 Å². The zero-order chi connectivity index (χ0) is 62.6. The van der Waals surface area contributed by atoms with Crippen molar-refractivity contribution in [3.63, 3.8) is 0 Å². The number of carbonyl (C=O) groups excluding carboxylic acids is 7. The van der Waals surface area contributed by atoms with Crippen LogP contribution in [0.1, 0.15) is 106 Å². The van der Waals surface area contributed by atoms with Crippen LogP contribution < -0.4 is 31.9 Å². The van der Waals surface area contributed by atoms with Crippen LogP contribution in [-0.2, 0) is 60.5 Å². The summed E-state index contributed by atoms with van der Waals surface area (Å²) in [6, 6.07) is 57.1. The summed E-state index contributed by atoms with van der Waals surface area (Å²) < 4.78 is 11.5. The van der Waals surface area contributed by atoms with Crippen molar-refractivity contribution in [3.8, 4) is 0 Å². The number of hydrogen-bond donors (Lipinski definition) is 7. The van der Waals surface area contributed by atoms with E-state index < -0.39 is 126 Å². The van der Waals surface area contributed by atoms with Gasteiger partial charge in [-0.1, -0.05) is 212 Å². The van der Waals surface area contributed by atoms with Crippen LogP contribution in [0.2, 0.25) is 0 Å². The summed E-state index contributed by atoms with van der Waals surface area (Å²) in [5.74, 6) is -6.54. The average molecular weight is 1180 g/mol. The number of hydrogen-bond acceptors (Lipinski definition) is 10. The second-order valence-electron chi connectivity index (χ2n) is 23.1. The highest BCUT2D eigenvalue weighted by atomic mass is 16.6. The first-order chi connectivity index (χ1) is 41.6. The van der Waals surface area contributed by atoms with Gasteiger partial charge in [0, 0.05) is 6.42 Å². The van der Waals surface area contributed by atoms with Gasteiger partial charge in [0.2, 0.25) is 29.5 Å². The van der Waals surface area contributed by atoms with E-state index in [-0.39, 0.29) is 6.42 Å². The molecular formula is C70H76N6O11. The number of Topliss-reactive ketones (excluding diaryl/α,β-unsaturated/α-hetero) is 1. The quantitative estimate of drug-likeness (QED) is 0.0240. The van der Waals surface area contributed by atoms with Crippen molar-refractivity contribution in [2.75, 3.05) is 6.61 Å². The van der Waals surface area contributed by atoms with Crippen LogP contribution in [0.4, 0.5) is 4.79 Å². The number of rotatable bonds is 27. The van der Waals surface area contributed by atoms with Crippen LogP contribution in [0.15, 0.2) is 212 Å². The summed E-state index contributed by atoms with van der Waals surface area (Å²) in [6.07, 6.45) is -3.67. The van der Waals surface area contributed by atoms with E-state index in [2.05, 4.69) is 31.9 Å². The van der Waals surface area contributed by atoms with Gasteiger partial charge in [-0.2, -0.15) is 0 Å². The minimum atomic E-state index is -1.87. The summed E-state index contributed by atoms with van der Waals surface area (Å²) in [5.41, 5.74) is -0.176. The van der Waals surface area contributed by atoms with Gasteiger partial charge in [-0.25, -0.2) is 4.79 Å². The molecule has 4 atom stereocenters. The Morgan fingerprint density at radius 3 is 1.01 bits per heavy atom. The Labute approximate surface area is 508 Å². The van der Waals surface area contributed by atoms with E-state index in [0.29, 0.717) is 38.9 Å². The van der Waals surface area contributed by atoms with Crippen molar-refractivity contribution in [1.82, 2.24) is 31.9 Å². The monoisotopic (exact) mass is 1180 g/mol. The van der Waals surface area contributed by atoms with Gasteiger partial charge >= 0.3 is 12.1 Å². The number of carbonyl (C=O) groups is 8. The molecule has 0 bridgehead atoms. The Bertz CT molecular complexity index is 3220. The molecule has 17 nitrogen and oxygen atoms in total. The van der Waals surface area contributed by atoms with Gasteiger partial charge < -0.3 is 46.5 Å². The second-order valence-corrected chi connectivity index (χ2v) is 23.1. The molecule has 7 N–H and O–H groups in total. The molecule has 0 spiro atoms. The number of benzene rings is 7. The van der Waals surface area contributed by atoms with E-state index >= 15 is 19.2 Å². The maximum atomic E-state index is 15.6. The van der Waals surface area contributed by atoms with Crippen molar-refractivity contribution < 1.29 is 52.9 Å². The predicted octanol–water partition coefficient (Wildman–Crippen LogP) is 8.82. The predicted molar refractivity (Wildman–Crippen MR) is 331 cm³/mol.